The smallest absolute Gasteiger partial charge is 0.262 e. The molecule has 2 aliphatic carbocycles. The first-order valence-electron chi connectivity index (χ1n) is 20.5. The largest absolute Gasteiger partial charge is 0.490 e. The minimum Gasteiger partial charge on any atom is -0.490 e. The van der Waals surface area contributed by atoms with E-state index < -0.39 is 23.8 Å². The third-order valence-corrected chi connectivity index (χ3v) is 13.3. The number of benzene rings is 3. The number of fused-ring (bicyclic) bond motifs is 3. The molecule has 4 aliphatic heterocycles. The summed E-state index contributed by atoms with van der Waals surface area (Å²) in [4.78, 5) is 73.2. The summed E-state index contributed by atoms with van der Waals surface area (Å²) in [5.74, 6) is 6.75. The lowest BCUT2D eigenvalue weighted by atomic mass is 9.81. The van der Waals surface area contributed by atoms with Crippen molar-refractivity contribution in [1.82, 2.24) is 20.0 Å². The van der Waals surface area contributed by atoms with Gasteiger partial charge in [-0.05, 0) is 129 Å². The molecule has 9 rings (SSSR count). The second-order valence-corrected chi connectivity index (χ2v) is 17.1. The van der Waals surface area contributed by atoms with E-state index in [9.17, 15) is 24.0 Å². The molecule has 0 bridgehead atoms. The zero-order valence-corrected chi connectivity index (χ0v) is 33.0. The number of hydrogen-bond donors (Lipinski definition) is 1. The predicted molar refractivity (Wildman–Crippen MR) is 215 cm³/mol. The van der Waals surface area contributed by atoms with E-state index in [-0.39, 0.29) is 36.8 Å². The standard InChI is InChI=1S/C46H44ClN5O6/c1-48-40-15-13-35(23-39(40)47)58-34-11-9-33(10-12-34)51-26-32-20-28(8-14-36(32)44(51)55)5-2-27-3-6-29(7-4-27)24-50-19-18-30-21-37-38(22-31(30)25-50)46(57)52(45(37)56)41-16-17-42(53)49-43(41)54/h8,13-15,20-23,27,29,33-34,41H,3-4,6-7,9-12,16-19,24-26H2,(H,49,53,54). The Morgan fingerprint density at radius 1 is 0.776 bits per heavy atom. The summed E-state index contributed by atoms with van der Waals surface area (Å²) in [5, 5.41) is 2.66. The fourth-order valence-corrected chi connectivity index (χ4v) is 10.0. The monoisotopic (exact) mass is 797 g/mol. The van der Waals surface area contributed by atoms with Crippen LogP contribution in [-0.4, -0.2) is 75.5 Å². The number of imide groups is 2. The van der Waals surface area contributed by atoms with E-state index in [1.165, 1.54) is 0 Å². The van der Waals surface area contributed by atoms with E-state index in [4.69, 9.17) is 22.9 Å². The van der Waals surface area contributed by atoms with Gasteiger partial charge in [-0.3, -0.25) is 39.1 Å². The maximum atomic E-state index is 13.4. The topological polar surface area (TPSA) is 121 Å². The van der Waals surface area contributed by atoms with Gasteiger partial charge in [0.1, 0.15) is 11.8 Å². The first kappa shape index (κ1) is 38.1. The summed E-state index contributed by atoms with van der Waals surface area (Å²) in [6, 6.07) is 14.1. The maximum absolute atomic E-state index is 13.4. The number of amides is 5. The molecular formula is C46H44ClN5O6. The lowest BCUT2D eigenvalue weighted by Gasteiger charge is -2.34. The number of hydrogen-bond acceptors (Lipinski definition) is 7. The van der Waals surface area contributed by atoms with Gasteiger partial charge in [0.25, 0.3) is 17.7 Å². The summed E-state index contributed by atoms with van der Waals surface area (Å²) in [6.45, 7) is 10.4. The molecule has 2 saturated carbocycles. The van der Waals surface area contributed by atoms with E-state index in [1.54, 1.807) is 18.2 Å². The molecule has 1 atom stereocenters. The molecule has 0 spiro atoms. The highest BCUT2D eigenvalue weighted by molar-refractivity contribution is 6.33. The Balaban J connectivity index is 0.748. The van der Waals surface area contributed by atoms with E-state index in [0.717, 1.165) is 104 Å². The van der Waals surface area contributed by atoms with Crippen LogP contribution in [0.3, 0.4) is 0 Å². The van der Waals surface area contributed by atoms with Gasteiger partial charge in [-0.2, -0.15) is 0 Å². The van der Waals surface area contributed by atoms with Gasteiger partial charge in [0.2, 0.25) is 17.5 Å². The third kappa shape index (κ3) is 7.38. The SMILES string of the molecule is [C-]#[N+]c1ccc(OC2CCC(N3Cc4cc(C#CC5CCC(CN6CCc7cc8c(cc7C6)C(=O)N(C6CCC(=O)NC6=O)C8=O)CC5)ccc4C3=O)CC2)cc1Cl. The maximum Gasteiger partial charge on any atom is 0.262 e. The summed E-state index contributed by atoms with van der Waals surface area (Å²) in [5.41, 5.74) is 6.02. The molecule has 296 valence electrons. The van der Waals surface area contributed by atoms with Crippen molar-refractivity contribution in [3.63, 3.8) is 0 Å². The fraction of sp³-hybridized carbons (Fsp3) is 0.435. The number of halogens is 1. The number of carbonyl (C=O) groups is 5. The first-order valence-corrected chi connectivity index (χ1v) is 20.9. The molecule has 11 nitrogen and oxygen atoms in total. The second-order valence-electron chi connectivity index (χ2n) is 16.7. The van der Waals surface area contributed by atoms with Crippen LogP contribution in [0.2, 0.25) is 5.02 Å². The van der Waals surface area contributed by atoms with E-state index in [0.29, 0.717) is 52.5 Å². The van der Waals surface area contributed by atoms with Gasteiger partial charge in [0.15, 0.2) is 0 Å². The Bertz CT molecular complexity index is 2340. The van der Waals surface area contributed by atoms with Crippen molar-refractivity contribution in [2.75, 3.05) is 13.1 Å². The van der Waals surface area contributed by atoms with Crippen molar-refractivity contribution in [3.05, 3.63) is 104 Å². The number of ether oxygens (including phenoxy) is 1. The van der Waals surface area contributed by atoms with Gasteiger partial charge < -0.3 is 9.64 Å². The molecule has 1 N–H and O–H groups in total. The van der Waals surface area contributed by atoms with Gasteiger partial charge in [-0.1, -0.05) is 29.5 Å². The highest BCUT2D eigenvalue weighted by Crippen LogP contribution is 2.37. The first-order chi connectivity index (χ1) is 28.1. The van der Waals surface area contributed by atoms with Crippen LogP contribution in [0.25, 0.3) is 4.85 Å². The van der Waals surface area contributed by atoms with Crippen molar-refractivity contribution in [1.29, 1.82) is 0 Å². The predicted octanol–water partition coefficient (Wildman–Crippen LogP) is 6.85. The summed E-state index contributed by atoms with van der Waals surface area (Å²) in [7, 11) is 0. The van der Waals surface area contributed by atoms with Crippen LogP contribution >= 0.6 is 11.6 Å². The molecule has 3 fully saturated rings. The Labute approximate surface area is 342 Å². The Morgan fingerprint density at radius 3 is 2.26 bits per heavy atom. The quantitative estimate of drug-likeness (QED) is 0.165. The number of piperidine rings is 1. The van der Waals surface area contributed by atoms with Crippen LogP contribution in [0.15, 0.2) is 48.5 Å². The molecule has 58 heavy (non-hydrogen) atoms. The summed E-state index contributed by atoms with van der Waals surface area (Å²) >= 11 is 6.20. The van der Waals surface area contributed by atoms with Crippen molar-refractivity contribution in [2.45, 2.75) is 102 Å². The minimum atomic E-state index is -0.961. The molecule has 0 aromatic heterocycles. The van der Waals surface area contributed by atoms with Crippen LogP contribution in [0.4, 0.5) is 5.69 Å². The minimum absolute atomic E-state index is 0.0524. The summed E-state index contributed by atoms with van der Waals surface area (Å²) < 4.78 is 6.18. The van der Waals surface area contributed by atoms with Crippen molar-refractivity contribution in [2.24, 2.45) is 11.8 Å². The molecule has 5 amide bonds. The highest BCUT2D eigenvalue weighted by Gasteiger charge is 2.45. The number of nitrogens with one attached hydrogen (secondary N) is 1. The zero-order chi connectivity index (χ0) is 40.1. The van der Waals surface area contributed by atoms with Gasteiger partial charge >= 0.3 is 0 Å². The molecule has 3 aromatic carbocycles. The average molecular weight is 798 g/mol. The van der Waals surface area contributed by atoms with Crippen LogP contribution in [0.1, 0.15) is 118 Å². The van der Waals surface area contributed by atoms with E-state index >= 15 is 0 Å². The van der Waals surface area contributed by atoms with Crippen LogP contribution in [0, 0.1) is 30.2 Å². The molecule has 3 aromatic rings. The van der Waals surface area contributed by atoms with Crippen LogP contribution in [0.5, 0.6) is 5.75 Å². The molecule has 4 heterocycles. The van der Waals surface area contributed by atoms with Crippen LogP contribution in [-0.2, 0) is 29.1 Å². The lowest BCUT2D eigenvalue weighted by Crippen LogP contribution is -2.54. The highest BCUT2D eigenvalue weighted by atomic mass is 35.5. The third-order valence-electron chi connectivity index (χ3n) is 13.0. The van der Waals surface area contributed by atoms with Crippen LogP contribution < -0.4 is 10.1 Å². The van der Waals surface area contributed by atoms with Gasteiger partial charge in [-0.15, -0.1) is 0 Å². The fourth-order valence-electron chi connectivity index (χ4n) is 9.82. The number of carbonyl (C=O) groups excluding carboxylic acids is 5. The Kier molecular flexibility index (Phi) is 10.3. The van der Waals surface area contributed by atoms with Crippen molar-refractivity contribution >= 4 is 46.8 Å². The summed E-state index contributed by atoms with van der Waals surface area (Å²) in [6.07, 6.45) is 8.82. The van der Waals surface area contributed by atoms with Gasteiger partial charge in [0, 0.05) is 55.7 Å². The second kappa shape index (κ2) is 15.7. The molecule has 6 aliphatic rings. The van der Waals surface area contributed by atoms with Crippen molar-refractivity contribution < 1.29 is 28.7 Å². The molecule has 1 unspecified atom stereocenters. The number of rotatable bonds is 6. The molecular weight excluding hydrogens is 754 g/mol. The molecule has 1 saturated heterocycles. The van der Waals surface area contributed by atoms with Crippen molar-refractivity contribution in [3.8, 4) is 17.6 Å². The molecule has 12 heteroatoms. The molecule has 0 radical (unpaired) electrons. The van der Waals surface area contributed by atoms with Gasteiger partial charge in [0.05, 0.1) is 28.8 Å². The normalized spacial score (nSPS) is 25.7. The Hall–Kier alpha value is -5.49. The van der Waals surface area contributed by atoms with E-state index in [2.05, 4.69) is 33.0 Å². The zero-order valence-electron chi connectivity index (χ0n) is 32.2. The Morgan fingerprint density at radius 2 is 1.53 bits per heavy atom. The lowest BCUT2D eigenvalue weighted by molar-refractivity contribution is -0.136. The average Bonchev–Trinajstić information content (AvgIpc) is 3.67. The van der Waals surface area contributed by atoms with E-state index in [1.807, 2.05) is 29.2 Å². The van der Waals surface area contributed by atoms with Gasteiger partial charge in [-0.25, -0.2) is 4.85 Å². The number of nitrogens with zero attached hydrogens (tertiary/aromatic N) is 4.